The molecule has 4 aromatic rings. The quantitative estimate of drug-likeness (QED) is 0.179. The minimum absolute atomic E-state index is 0.0561. The molecular formula is C33H33Br2N3O4S. The van der Waals surface area contributed by atoms with Gasteiger partial charge < -0.3 is 10.2 Å². The van der Waals surface area contributed by atoms with Crippen molar-refractivity contribution >= 4 is 59.4 Å². The molecule has 2 amide bonds. The lowest BCUT2D eigenvalue weighted by molar-refractivity contribution is -0.140. The Morgan fingerprint density at radius 2 is 1.40 bits per heavy atom. The number of halogens is 2. The maximum absolute atomic E-state index is 14.4. The molecule has 0 aliphatic rings. The number of nitrogens with zero attached hydrogens (tertiary/aromatic N) is 2. The second-order valence-corrected chi connectivity index (χ2v) is 14.0. The van der Waals surface area contributed by atoms with E-state index in [-0.39, 0.29) is 29.8 Å². The second kappa shape index (κ2) is 14.8. The average molecular weight is 728 g/mol. The highest BCUT2D eigenvalue weighted by molar-refractivity contribution is 9.10. The number of rotatable bonds is 12. The van der Waals surface area contributed by atoms with Crippen LogP contribution in [0, 0.1) is 0 Å². The fraction of sp³-hybridized carbons (Fsp3) is 0.212. The van der Waals surface area contributed by atoms with Crippen molar-refractivity contribution in [2.45, 2.75) is 43.8 Å². The van der Waals surface area contributed by atoms with Gasteiger partial charge in [0.2, 0.25) is 11.8 Å². The van der Waals surface area contributed by atoms with Crippen LogP contribution in [-0.4, -0.2) is 43.8 Å². The largest absolute Gasteiger partial charge is 0.352 e. The SMILES string of the molecule is CC(C)NC(=O)[C@@H](Cc1ccccc1)N(Cc1ccc(Br)cc1)C(=O)CN(c1cccc(Br)c1)S(=O)(=O)c1ccccc1. The maximum atomic E-state index is 14.4. The molecule has 1 N–H and O–H groups in total. The zero-order chi connectivity index (χ0) is 31.0. The molecule has 43 heavy (non-hydrogen) atoms. The first-order chi connectivity index (χ1) is 20.5. The van der Waals surface area contributed by atoms with Gasteiger partial charge >= 0.3 is 0 Å². The van der Waals surface area contributed by atoms with Crippen molar-refractivity contribution in [3.05, 3.63) is 129 Å². The highest BCUT2D eigenvalue weighted by Gasteiger charge is 2.34. The Kier molecular flexibility index (Phi) is 11.2. The molecule has 4 aromatic carbocycles. The molecule has 0 spiro atoms. The minimum Gasteiger partial charge on any atom is -0.352 e. The van der Waals surface area contributed by atoms with Crippen LogP contribution in [0.4, 0.5) is 5.69 Å². The molecule has 7 nitrogen and oxygen atoms in total. The van der Waals surface area contributed by atoms with Crippen LogP contribution < -0.4 is 9.62 Å². The number of anilines is 1. The van der Waals surface area contributed by atoms with E-state index in [1.165, 1.54) is 17.0 Å². The van der Waals surface area contributed by atoms with Crippen molar-refractivity contribution in [1.29, 1.82) is 0 Å². The lowest BCUT2D eigenvalue weighted by Gasteiger charge is -2.34. The van der Waals surface area contributed by atoms with Crippen molar-refractivity contribution in [3.8, 4) is 0 Å². The predicted octanol–water partition coefficient (Wildman–Crippen LogP) is 6.57. The molecule has 224 valence electrons. The number of hydrogen-bond acceptors (Lipinski definition) is 4. The molecule has 1 atom stereocenters. The summed E-state index contributed by atoms with van der Waals surface area (Å²) in [6.45, 7) is 3.32. The topological polar surface area (TPSA) is 86.8 Å². The maximum Gasteiger partial charge on any atom is 0.264 e. The zero-order valence-corrected chi connectivity index (χ0v) is 27.8. The first-order valence-corrected chi connectivity index (χ1v) is 16.8. The summed E-state index contributed by atoms with van der Waals surface area (Å²) in [6, 6.07) is 30.7. The first-order valence-electron chi connectivity index (χ1n) is 13.8. The Hall–Kier alpha value is -3.47. The molecule has 0 aliphatic heterocycles. The summed E-state index contributed by atoms with van der Waals surface area (Å²) in [7, 11) is -4.14. The summed E-state index contributed by atoms with van der Waals surface area (Å²) in [6.07, 6.45) is 0.254. The Morgan fingerprint density at radius 1 is 0.767 bits per heavy atom. The van der Waals surface area contributed by atoms with Crippen LogP contribution in [0.25, 0.3) is 0 Å². The molecule has 4 rings (SSSR count). The van der Waals surface area contributed by atoms with E-state index in [1.807, 2.05) is 68.4 Å². The van der Waals surface area contributed by atoms with Crippen molar-refractivity contribution in [3.63, 3.8) is 0 Å². The van der Waals surface area contributed by atoms with Crippen molar-refractivity contribution in [2.24, 2.45) is 0 Å². The van der Waals surface area contributed by atoms with E-state index in [0.717, 1.165) is 19.9 Å². The number of benzene rings is 4. The van der Waals surface area contributed by atoms with Gasteiger partial charge in [0.1, 0.15) is 12.6 Å². The smallest absolute Gasteiger partial charge is 0.264 e. The standard InChI is InChI=1S/C33H33Br2N3O4S/c1-24(2)36-33(40)31(20-25-10-5-3-6-11-25)37(22-26-16-18-27(34)19-17-26)32(39)23-38(29-13-9-12-28(35)21-29)43(41,42)30-14-7-4-8-15-30/h3-19,21,24,31H,20,22-23H2,1-2H3,(H,36,40)/t31-/m1/s1. The van der Waals surface area contributed by atoms with E-state index in [1.54, 1.807) is 42.5 Å². The number of amides is 2. The normalized spacial score (nSPS) is 12.0. The highest BCUT2D eigenvalue weighted by Crippen LogP contribution is 2.27. The monoisotopic (exact) mass is 725 g/mol. The van der Waals surface area contributed by atoms with E-state index in [2.05, 4.69) is 37.2 Å². The third kappa shape index (κ3) is 8.78. The van der Waals surface area contributed by atoms with Crippen LogP contribution in [-0.2, 0) is 32.6 Å². The Morgan fingerprint density at radius 3 is 2.00 bits per heavy atom. The van der Waals surface area contributed by atoms with E-state index < -0.39 is 28.5 Å². The van der Waals surface area contributed by atoms with Crippen LogP contribution in [0.3, 0.4) is 0 Å². The average Bonchev–Trinajstić information content (AvgIpc) is 2.99. The van der Waals surface area contributed by atoms with E-state index in [9.17, 15) is 18.0 Å². The van der Waals surface area contributed by atoms with Gasteiger partial charge in [-0.25, -0.2) is 8.42 Å². The van der Waals surface area contributed by atoms with E-state index in [4.69, 9.17) is 0 Å². The molecule has 0 aromatic heterocycles. The lowest BCUT2D eigenvalue weighted by atomic mass is 10.0. The molecule has 0 bridgehead atoms. The van der Waals surface area contributed by atoms with Crippen LogP contribution in [0.5, 0.6) is 0 Å². The number of nitrogens with one attached hydrogen (secondary N) is 1. The Bertz CT molecular complexity index is 1630. The van der Waals surface area contributed by atoms with Gasteiger partial charge in [-0.3, -0.25) is 13.9 Å². The second-order valence-electron chi connectivity index (χ2n) is 10.3. The first kappa shape index (κ1) is 32.4. The van der Waals surface area contributed by atoms with Crippen molar-refractivity contribution < 1.29 is 18.0 Å². The Balaban J connectivity index is 1.80. The number of hydrogen-bond donors (Lipinski definition) is 1. The zero-order valence-electron chi connectivity index (χ0n) is 23.9. The number of sulfonamides is 1. The fourth-order valence-corrected chi connectivity index (χ4v) is 6.68. The third-order valence-corrected chi connectivity index (χ3v) is 9.48. The summed E-state index contributed by atoms with van der Waals surface area (Å²) in [5.41, 5.74) is 1.99. The molecule has 0 heterocycles. The highest BCUT2D eigenvalue weighted by atomic mass is 79.9. The molecule has 0 saturated carbocycles. The van der Waals surface area contributed by atoms with Gasteiger partial charge in [0.05, 0.1) is 10.6 Å². The van der Waals surface area contributed by atoms with E-state index >= 15 is 0 Å². The number of carbonyl (C=O) groups is 2. The molecule has 0 saturated heterocycles. The van der Waals surface area contributed by atoms with Crippen LogP contribution in [0.1, 0.15) is 25.0 Å². The fourth-order valence-electron chi connectivity index (χ4n) is 4.60. The summed E-state index contributed by atoms with van der Waals surface area (Å²) in [4.78, 5) is 29.7. The number of carbonyl (C=O) groups excluding carboxylic acids is 2. The van der Waals surface area contributed by atoms with Gasteiger partial charge in [-0.15, -0.1) is 0 Å². The van der Waals surface area contributed by atoms with Gasteiger partial charge in [0, 0.05) is 28.0 Å². The molecule has 0 aliphatic carbocycles. The summed E-state index contributed by atoms with van der Waals surface area (Å²) in [5, 5.41) is 2.96. The van der Waals surface area contributed by atoms with Gasteiger partial charge in [0.25, 0.3) is 10.0 Å². The van der Waals surface area contributed by atoms with Crippen LogP contribution >= 0.6 is 31.9 Å². The molecule has 0 fully saturated rings. The molecule has 10 heteroatoms. The van der Waals surface area contributed by atoms with Gasteiger partial charge in [-0.05, 0) is 67.4 Å². The van der Waals surface area contributed by atoms with Crippen molar-refractivity contribution in [1.82, 2.24) is 10.2 Å². The van der Waals surface area contributed by atoms with Gasteiger partial charge in [0.15, 0.2) is 0 Å². The summed E-state index contributed by atoms with van der Waals surface area (Å²) in [5.74, 6) is -0.827. The third-order valence-electron chi connectivity index (χ3n) is 6.67. The van der Waals surface area contributed by atoms with Gasteiger partial charge in [-0.2, -0.15) is 0 Å². The Labute approximate surface area is 270 Å². The summed E-state index contributed by atoms with van der Waals surface area (Å²) < 4.78 is 30.6. The van der Waals surface area contributed by atoms with Gasteiger partial charge in [-0.1, -0.05) is 98.6 Å². The molecular weight excluding hydrogens is 694 g/mol. The van der Waals surface area contributed by atoms with Crippen LogP contribution in [0.15, 0.2) is 123 Å². The van der Waals surface area contributed by atoms with E-state index in [0.29, 0.717) is 10.2 Å². The van der Waals surface area contributed by atoms with Crippen molar-refractivity contribution in [2.75, 3.05) is 10.8 Å². The molecule has 0 radical (unpaired) electrons. The minimum atomic E-state index is -4.14. The lowest BCUT2D eigenvalue weighted by Crippen LogP contribution is -2.54. The van der Waals surface area contributed by atoms with Crippen LogP contribution in [0.2, 0.25) is 0 Å². The molecule has 0 unspecified atom stereocenters. The predicted molar refractivity (Wildman–Crippen MR) is 177 cm³/mol. The summed E-state index contributed by atoms with van der Waals surface area (Å²) >= 11 is 6.88.